The fraction of sp³-hybridized carbons (Fsp3) is 0.182. The highest BCUT2D eigenvalue weighted by molar-refractivity contribution is 7.89. The van der Waals surface area contributed by atoms with Crippen LogP contribution < -0.4 is 5.32 Å². The Morgan fingerprint density at radius 1 is 1.10 bits per heavy atom. The molecule has 0 saturated heterocycles. The van der Waals surface area contributed by atoms with E-state index >= 15 is 0 Å². The molecule has 0 aliphatic carbocycles. The zero-order chi connectivity index (χ0) is 22.0. The Morgan fingerprint density at radius 3 is 2.58 bits per heavy atom. The molecule has 0 fully saturated rings. The molecule has 0 saturated carbocycles. The van der Waals surface area contributed by atoms with Gasteiger partial charge in [-0.1, -0.05) is 23.7 Å². The van der Waals surface area contributed by atoms with Crippen LogP contribution in [0.25, 0.3) is 22.4 Å². The summed E-state index contributed by atoms with van der Waals surface area (Å²) in [5, 5.41) is 3.46. The van der Waals surface area contributed by atoms with Crippen LogP contribution in [-0.4, -0.2) is 30.1 Å². The Kier molecular flexibility index (Phi) is 5.84. The Bertz CT molecular complexity index is 1340. The molecule has 0 aliphatic heterocycles. The molecule has 2 aromatic carbocycles. The van der Waals surface area contributed by atoms with Crippen molar-refractivity contribution >= 4 is 38.4 Å². The maximum absolute atomic E-state index is 12.6. The van der Waals surface area contributed by atoms with Crippen LogP contribution in [0.1, 0.15) is 11.6 Å². The molecular weight excluding hydrogens is 438 g/mol. The van der Waals surface area contributed by atoms with Gasteiger partial charge in [-0.25, -0.2) is 13.4 Å². The molecular formula is C22H20ClN3O4S. The van der Waals surface area contributed by atoms with E-state index in [-0.39, 0.29) is 24.7 Å². The zero-order valence-corrected chi connectivity index (χ0v) is 18.3. The number of hydrogen-bond donors (Lipinski definition) is 1. The number of carbonyl (C=O) groups is 1. The Hall–Kier alpha value is -3.10. The number of halogens is 1. The number of benzene rings is 2. The van der Waals surface area contributed by atoms with Gasteiger partial charge in [0.25, 0.3) is 0 Å². The summed E-state index contributed by atoms with van der Waals surface area (Å²) in [7, 11) is -3.30. The number of aromatic nitrogens is 2. The highest BCUT2D eigenvalue weighted by atomic mass is 35.5. The fourth-order valence-corrected chi connectivity index (χ4v) is 4.09. The molecule has 0 atom stereocenters. The fourth-order valence-electron chi connectivity index (χ4n) is 3.27. The van der Waals surface area contributed by atoms with E-state index in [1.807, 2.05) is 36.4 Å². The van der Waals surface area contributed by atoms with Gasteiger partial charge in [-0.2, -0.15) is 0 Å². The second kappa shape index (κ2) is 8.56. The van der Waals surface area contributed by atoms with Crippen LogP contribution >= 0.6 is 11.6 Å². The van der Waals surface area contributed by atoms with Crippen molar-refractivity contribution in [3.05, 3.63) is 77.3 Å². The van der Waals surface area contributed by atoms with E-state index in [4.69, 9.17) is 16.0 Å². The van der Waals surface area contributed by atoms with Crippen molar-refractivity contribution in [2.45, 2.75) is 18.8 Å². The molecule has 1 N–H and O–H groups in total. The van der Waals surface area contributed by atoms with Crippen LogP contribution in [0.3, 0.4) is 0 Å². The summed E-state index contributed by atoms with van der Waals surface area (Å²) in [5.41, 5.74) is 2.24. The molecule has 0 radical (unpaired) electrons. The highest BCUT2D eigenvalue weighted by Crippen LogP contribution is 2.24. The second-order valence-corrected chi connectivity index (χ2v) is 9.80. The van der Waals surface area contributed by atoms with Gasteiger partial charge in [-0.3, -0.25) is 4.79 Å². The standard InChI is InChI=1S/C22H20ClN3O4S/c1-31(28,29)14-21-25-18-4-2-3-5-19(18)26(21)13-22(27)24-12-17-10-11-20(30-17)15-6-8-16(23)9-7-15/h2-11H,12-14H2,1H3,(H,24,27). The summed E-state index contributed by atoms with van der Waals surface area (Å²) in [6, 6.07) is 18.2. The number of amides is 1. The van der Waals surface area contributed by atoms with Gasteiger partial charge in [-0.05, 0) is 48.5 Å². The van der Waals surface area contributed by atoms with Crippen molar-refractivity contribution in [2.75, 3.05) is 6.26 Å². The minimum Gasteiger partial charge on any atom is -0.459 e. The van der Waals surface area contributed by atoms with Gasteiger partial charge in [0, 0.05) is 16.8 Å². The van der Waals surface area contributed by atoms with Gasteiger partial charge in [0.1, 0.15) is 29.6 Å². The third kappa shape index (κ3) is 5.15. The van der Waals surface area contributed by atoms with Gasteiger partial charge in [0.05, 0.1) is 17.6 Å². The average Bonchev–Trinajstić information content (AvgIpc) is 3.31. The lowest BCUT2D eigenvalue weighted by Crippen LogP contribution is -2.28. The number of fused-ring (bicyclic) bond motifs is 1. The summed E-state index contributed by atoms with van der Waals surface area (Å²) in [6.07, 6.45) is 1.14. The summed E-state index contributed by atoms with van der Waals surface area (Å²) in [5.74, 6) is 1.10. The number of nitrogens with zero attached hydrogens (tertiary/aromatic N) is 2. The molecule has 2 heterocycles. The molecule has 7 nitrogen and oxygen atoms in total. The van der Waals surface area contributed by atoms with Crippen LogP contribution in [-0.2, 0) is 33.5 Å². The number of hydrogen-bond acceptors (Lipinski definition) is 5. The first-order valence-electron chi connectivity index (χ1n) is 9.52. The maximum Gasteiger partial charge on any atom is 0.240 e. The number of imidazole rings is 1. The van der Waals surface area contributed by atoms with Gasteiger partial charge in [0.2, 0.25) is 5.91 Å². The maximum atomic E-state index is 12.6. The van der Waals surface area contributed by atoms with E-state index < -0.39 is 9.84 Å². The first-order valence-corrected chi connectivity index (χ1v) is 12.0. The Balaban J connectivity index is 1.46. The molecule has 1 amide bonds. The lowest BCUT2D eigenvalue weighted by Gasteiger charge is -2.09. The van der Waals surface area contributed by atoms with E-state index in [1.165, 1.54) is 0 Å². The van der Waals surface area contributed by atoms with Crippen LogP contribution in [0.15, 0.2) is 65.1 Å². The molecule has 0 spiro atoms. The SMILES string of the molecule is CS(=O)(=O)Cc1nc2ccccc2n1CC(=O)NCc1ccc(-c2ccc(Cl)cc2)o1. The van der Waals surface area contributed by atoms with Gasteiger partial charge >= 0.3 is 0 Å². The Labute approximate surface area is 184 Å². The monoisotopic (exact) mass is 457 g/mol. The summed E-state index contributed by atoms with van der Waals surface area (Å²) < 4.78 is 31.0. The van der Waals surface area contributed by atoms with Gasteiger partial charge in [-0.15, -0.1) is 0 Å². The molecule has 9 heteroatoms. The van der Waals surface area contributed by atoms with E-state index in [0.717, 1.165) is 11.8 Å². The molecule has 0 aliphatic rings. The number of carbonyl (C=O) groups excluding carboxylic acids is 1. The van der Waals surface area contributed by atoms with Gasteiger partial charge < -0.3 is 14.3 Å². The number of para-hydroxylation sites is 2. The summed E-state index contributed by atoms with van der Waals surface area (Å²) in [4.78, 5) is 17.0. The molecule has 160 valence electrons. The molecule has 2 aromatic heterocycles. The first kappa shape index (κ1) is 21.1. The first-order chi connectivity index (χ1) is 14.8. The minimum atomic E-state index is -3.30. The number of sulfone groups is 1. The number of nitrogens with one attached hydrogen (secondary N) is 1. The van der Waals surface area contributed by atoms with Crippen LogP contribution in [0.4, 0.5) is 0 Å². The third-order valence-electron chi connectivity index (χ3n) is 4.68. The minimum absolute atomic E-state index is 0.0455. The van der Waals surface area contributed by atoms with Crippen molar-refractivity contribution in [3.63, 3.8) is 0 Å². The van der Waals surface area contributed by atoms with E-state index in [2.05, 4.69) is 10.3 Å². The van der Waals surface area contributed by atoms with Crippen LogP contribution in [0.2, 0.25) is 5.02 Å². The summed E-state index contributed by atoms with van der Waals surface area (Å²) in [6.45, 7) is 0.163. The van der Waals surface area contributed by atoms with Crippen molar-refractivity contribution in [1.29, 1.82) is 0 Å². The number of rotatable bonds is 7. The quantitative estimate of drug-likeness (QED) is 0.455. The topological polar surface area (TPSA) is 94.2 Å². The van der Waals surface area contributed by atoms with Gasteiger partial charge in [0.15, 0.2) is 9.84 Å². The van der Waals surface area contributed by atoms with E-state index in [1.54, 1.807) is 28.8 Å². The van der Waals surface area contributed by atoms with Crippen LogP contribution in [0, 0.1) is 0 Å². The second-order valence-electron chi connectivity index (χ2n) is 7.22. The van der Waals surface area contributed by atoms with Crippen LogP contribution in [0.5, 0.6) is 0 Å². The largest absolute Gasteiger partial charge is 0.459 e. The molecule has 0 bridgehead atoms. The lowest BCUT2D eigenvalue weighted by molar-refractivity contribution is -0.121. The van der Waals surface area contributed by atoms with Crippen molar-refractivity contribution in [3.8, 4) is 11.3 Å². The predicted molar refractivity (Wildman–Crippen MR) is 119 cm³/mol. The predicted octanol–water partition coefficient (Wildman–Crippen LogP) is 3.81. The molecule has 4 rings (SSSR count). The molecule has 4 aromatic rings. The molecule has 0 unspecified atom stereocenters. The number of furan rings is 1. The average molecular weight is 458 g/mol. The smallest absolute Gasteiger partial charge is 0.240 e. The van der Waals surface area contributed by atoms with Crippen molar-refractivity contribution < 1.29 is 17.6 Å². The van der Waals surface area contributed by atoms with Crippen molar-refractivity contribution in [1.82, 2.24) is 14.9 Å². The third-order valence-corrected chi connectivity index (χ3v) is 5.71. The van der Waals surface area contributed by atoms with E-state index in [0.29, 0.717) is 33.4 Å². The highest BCUT2D eigenvalue weighted by Gasteiger charge is 2.17. The lowest BCUT2D eigenvalue weighted by atomic mass is 10.2. The van der Waals surface area contributed by atoms with E-state index in [9.17, 15) is 13.2 Å². The Morgan fingerprint density at radius 2 is 1.84 bits per heavy atom. The summed E-state index contributed by atoms with van der Waals surface area (Å²) >= 11 is 5.91. The normalized spacial score (nSPS) is 11.7. The molecule has 31 heavy (non-hydrogen) atoms. The zero-order valence-electron chi connectivity index (χ0n) is 16.7. The van der Waals surface area contributed by atoms with Crippen molar-refractivity contribution in [2.24, 2.45) is 0 Å².